The molecule has 0 bridgehead atoms. The van der Waals surface area contributed by atoms with E-state index < -0.39 is 18.8 Å². The third-order valence-corrected chi connectivity index (χ3v) is 1.63. The van der Waals surface area contributed by atoms with Crippen molar-refractivity contribution in [3.05, 3.63) is 11.8 Å². The molecule has 2 amide bonds. The van der Waals surface area contributed by atoms with Gasteiger partial charge in [-0.1, -0.05) is 0 Å². The Labute approximate surface area is 94.0 Å². The molecule has 0 spiro atoms. The first-order chi connectivity index (χ1) is 7.81. The summed E-state index contributed by atoms with van der Waals surface area (Å²) in [6.45, 7) is -1.45. The van der Waals surface area contributed by atoms with Crippen molar-refractivity contribution >= 4 is 11.8 Å². The number of nitrogens with one attached hydrogen (secondary N) is 2. The number of nitrogens with zero attached hydrogens (tertiary/aromatic N) is 3. The molecular weight excluding hydrogens is 239 g/mol. The van der Waals surface area contributed by atoms with E-state index in [1.807, 2.05) is 0 Å². The molecule has 0 atom stereocenters. The Balaban J connectivity index is 2.60. The molecule has 0 aliphatic carbocycles. The van der Waals surface area contributed by atoms with Crippen LogP contribution in [0.25, 0.3) is 0 Å². The van der Waals surface area contributed by atoms with Crippen molar-refractivity contribution < 1.29 is 18.0 Å². The number of alkyl halides is 3. The number of urea groups is 1. The van der Waals surface area contributed by atoms with Crippen molar-refractivity contribution in [2.45, 2.75) is 6.18 Å². The summed E-state index contributed by atoms with van der Waals surface area (Å²) in [5.74, 6) is -0.0883. The van der Waals surface area contributed by atoms with E-state index in [1.54, 1.807) is 11.4 Å². The van der Waals surface area contributed by atoms with Crippen LogP contribution in [0.15, 0.2) is 6.20 Å². The zero-order chi connectivity index (χ0) is 13.1. The van der Waals surface area contributed by atoms with Crippen molar-refractivity contribution in [1.82, 2.24) is 15.1 Å². The van der Waals surface area contributed by atoms with E-state index in [1.165, 1.54) is 17.9 Å². The average molecular weight is 247 g/mol. The Morgan fingerprint density at radius 2 is 2.29 bits per heavy atom. The van der Waals surface area contributed by atoms with Gasteiger partial charge in [0.25, 0.3) is 0 Å². The Hall–Kier alpha value is -2.24. The highest BCUT2D eigenvalue weighted by molar-refractivity contribution is 5.89. The number of aryl methyl sites for hydroxylation is 1. The molecule has 0 saturated carbocycles. The van der Waals surface area contributed by atoms with Crippen LogP contribution in [0.4, 0.5) is 23.8 Å². The minimum atomic E-state index is -4.49. The predicted octanol–water partition coefficient (Wildman–Crippen LogP) is 0.976. The molecule has 0 saturated heterocycles. The van der Waals surface area contributed by atoms with Gasteiger partial charge in [-0.3, -0.25) is 10.00 Å². The van der Waals surface area contributed by atoms with Gasteiger partial charge in [0.05, 0.1) is 0 Å². The van der Waals surface area contributed by atoms with Crippen molar-refractivity contribution in [3.8, 4) is 6.07 Å². The second-order valence-electron chi connectivity index (χ2n) is 3.10. The van der Waals surface area contributed by atoms with Gasteiger partial charge in [-0.05, 0) is 0 Å². The molecule has 6 nitrogen and oxygen atoms in total. The maximum absolute atomic E-state index is 11.8. The summed E-state index contributed by atoms with van der Waals surface area (Å²) in [6.07, 6.45) is -3.15. The van der Waals surface area contributed by atoms with Crippen LogP contribution < -0.4 is 10.6 Å². The van der Waals surface area contributed by atoms with Gasteiger partial charge in [-0.2, -0.15) is 23.5 Å². The summed E-state index contributed by atoms with van der Waals surface area (Å²) in [5.41, 5.74) is 0.0645. The minimum Gasteiger partial charge on any atom is -0.329 e. The van der Waals surface area contributed by atoms with Crippen LogP contribution >= 0.6 is 0 Å². The first kappa shape index (κ1) is 12.8. The minimum absolute atomic E-state index is 0.0645. The largest absolute Gasteiger partial charge is 0.405 e. The summed E-state index contributed by atoms with van der Waals surface area (Å²) in [5, 5.41) is 16.0. The van der Waals surface area contributed by atoms with Gasteiger partial charge in [-0.15, -0.1) is 0 Å². The maximum atomic E-state index is 11.8. The summed E-state index contributed by atoms with van der Waals surface area (Å²) >= 11 is 0. The van der Waals surface area contributed by atoms with Crippen LogP contribution in [0.5, 0.6) is 0 Å². The van der Waals surface area contributed by atoms with Gasteiger partial charge in [0.2, 0.25) is 0 Å². The summed E-state index contributed by atoms with van der Waals surface area (Å²) in [4.78, 5) is 11.1. The Morgan fingerprint density at radius 1 is 1.65 bits per heavy atom. The van der Waals surface area contributed by atoms with Crippen LogP contribution in [-0.2, 0) is 7.05 Å². The van der Waals surface area contributed by atoms with E-state index in [2.05, 4.69) is 10.4 Å². The molecule has 0 radical (unpaired) electrons. The normalized spacial score (nSPS) is 10.8. The third-order valence-electron chi connectivity index (χ3n) is 1.63. The Morgan fingerprint density at radius 3 is 2.82 bits per heavy atom. The van der Waals surface area contributed by atoms with Gasteiger partial charge >= 0.3 is 12.2 Å². The zero-order valence-electron chi connectivity index (χ0n) is 8.67. The number of anilines is 1. The van der Waals surface area contributed by atoms with E-state index in [0.717, 1.165) is 0 Å². The quantitative estimate of drug-likeness (QED) is 0.817. The first-order valence-electron chi connectivity index (χ1n) is 4.37. The van der Waals surface area contributed by atoms with E-state index in [4.69, 9.17) is 5.26 Å². The fraction of sp³-hybridized carbons (Fsp3) is 0.375. The highest BCUT2D eigenvalue weighted by atomic mass is 19.4. The fourth-order valence-corrected chi connectivity index (χ4v) is 0.995. The third kappa shape index (κ3) is 4.02. The summed E-state index contributed by atoms with van der Waals surface area (Å²) in [7, 11) is 1.51. The molecule has 1 heterocycles. The highest BCUT2D eigenvalue weighted by Crippen LogP contribution is 2.13. The lowest BCUT2D eigenvalue weighted by atomic mass is 10.4. The maximum Gasteiger partial charge on any atom is 0.405 e. The van der Waals surface area contributed by atoms with Gasteiger partial charge in [0.1, 0.15) is 18.2 Å². The molecule has 1 rings (SSSR count). The molecule has 0 aliphatic rings. The van der Waals surface area contributed by atoms with E-state index in [0.29, 0.717) is 0 Å². The number of aromatic nitrogens is 2. The summed E-state index contributed by atoms with van der Waals surface area (Å²) < 4.78 is 36.6. The van der Waals surface area contributed by atoms with Gasteiger partial charge in [0, 0.05) is 13.2 Å². The smallest absolute Gasteiger partial charge is 0.329 e. The number of halogens is 3. The SMILES string of the molecule is Cn1cc(C#N)c(NC(=O)NCC(F)(F)F)n1. The number of carbonyl (C=O) groups is 1. The van der Waals surface area contributed by atoms with Crippen molar-refractivity contribution in [2.75, 3.05) is 11.9 Å². The number of rotatable bonds is 2. The van der Waals surface area contributed by atoms with E-state index in [-0.39, 0.29) is 11.4 Å². The molecule has 0 aliphatic heterocycles. The lowest BCUT2D eigenvalue weighted by molar-refractivity contribution is -0.122. The Bertz CT molecular complexity index is 459. The van der Waals surface area contributed by atoms with E-state index >= 15 is 0 Å². The fourth-order valence-electron chi connectivity index (χ4n) is 0.995. The lowest BCUT2D eigenvalue weighted by Gasteiger charge is -2.08. The molecule has 2 N–H and O–H groups in total. The zero-order valence-corrected chi connectivity index (χ0v) is 8.67. The van der Waals surface area contributed by atoms with Crippen LogP contribution in [0.2, 0.25) is 0 Å². The first-order valence-corrected chi connectivity index (χ1v) is 4.37. The second kappa shape index (κ2) is 4.73. The molecule has 92 valence electrons. The Kier molecular flexibility index (Phi) is 3.57. The number of hydrogen-bond acceptors (Lipinski definition) is 3. The standard InChI is InChI=1S/C8H8F3N5O/c1-16-3-5(2-12)6(15-16)14-7(17)13-4-8(9,10)11/h3H,4H2,1H3,(H2,13,14,15,17). The number of nitriles is 1. The molecule has 17 heavy (non-hydrogen) atoms. The number of hydrogen-bond donors (Lipinski definition) is 2. The molecule has 0 fully saturated rings. The number of amides is 2. The second-order valence-corrected chi connectivity index (χ2v) is 3.10. The average Bonchev–Trinajstić information content (AvgIpc) is 2.55. The predicted molar refractivity (Wildman–Crippen MR) is 51.0 cm³/mol. The van der Waals surface area contributed by atoms with Crippen LogP contribution in [0.1, 0.15) is 5.56 Å². The molecule has 9 heteroatoms. The number of carbonyl (C=O) groups excluding carboxylic acids is 1. The highest BCUT2D eigenvalue weighted by Gasteiger charge is 2.27. The van der Waals surface area contributed by atoms with Crippen molar-refractivity contribution in [1.29, 1.82) is 5.26 Å². The topological polar surface area (TPSA) is 82.7 Å². The van der Waals surface area contributed by atoms with Crippen molar-refractivity contribution in [3.63, 3.8) is 0 Å². The molecule has 1 aromatic heterocycles. The summed E-state index contributed by atoms with van der Waals surface area (Å²) in [6, 6.07) is 0.674. The van der Waals surface area contributed by atoms with Crippen LogP contribution in [-0.4, -0.2) is 28.5 Å². The van der Waals surface area contributed by atoms with Gasteiger partial charge in [0.15, 0.2) is 5.82 Å². The van der Waals surface area contributed by atoms with Gasteiger partial charge in [-0.25, -0.2) is 4.79 Å². The van der Waals surface area contributed by atoms with Crippen molar-refractivity contribution in [2.24, 2.45) is 7.05 Å². The molecule has 0 aromatic carbocycles. The molecular formula is C8H8F3N5O. The van der Waals surface area contributed by atoms with Crippen LogP contribution in [0, 0.1) is 11.3 Å². The van der Waals surface area contributed by atoms with E-state index in [9.17, 15) is 18.0 Å². The monoisotopic (exact) mass is 247 g/mol. The lowest BCUT2D eigenvalue weighted by Crippen LogP contribution is -2.36. The molecule has 1 aromatic rings. The van der Waals surface area contributed by atoms with Gasteiger partial charge < -0.3 is 5.32 Å². The van der Waals surface area contributed by atoms with Crippen LogP contribution in [0.3, 0.4) is 0 Å². The molecule has 0 unspecified atom stereocenters.